The molecule has 198 valence electrons. The highest BCUT2D eigenvalue weighted by Crippen LogP contribution is 2.41. The number of amides is 1. The molecule has 6 nitrogen and oxygen atoms in total. The molecule has 0 aliphatic carbocycles. The van der Waals surface area contributed by atoms with E-state index in [1.807, 2.05) is 49.4 Å². The van der Waals surface area contributed by atoms with Gasteiger partial charge in [0, 0.05) is 37.2 Å². The molecular formula is C32H37N3O3. The molecule has 0 saturated carbocycles. The minimum atomic E-state index is -0.166. The van der Waals surface area contributed by atoms with Gasteiger partial charge in [0.1, 0.15) is 11.5 Å². The van der Waals surface area contributed by atoms with Gasteiger partial charge in [-0.15, -0.1) is 0 Å². The zero-order chi connectivity index (χ0) is 27.0. The Morgan fingerprint density at radius 2 is 1.63 bits per heavy atom. The lowest BCUT2D eigenvalue weighted by atomic mass is 9.69. The average molecular weight is 512 g/mol. The molecule has 0 bridgehead atoms. The Bertz CT molecular complexity index is 1200. The van der Waals surface area contributed by atoms with Crippen LogP contribution in [0.3, 0.4) is 0 Å². The predicted octanol–water partition coefficient (Wildman–Crippen LogP) is 5.66. The van der Waals surface area contributed by atoms with Crippen molar-refractivity contribution in [1.82, 2.24) is 9.80 Å². The molecule has 3 aromatic rings. The molecule has 0 N–H and O–H groups in total. The third-order valence-corrected chi connectivity index (χ3v) is 7.60. The molecule has 1 aliphatic rings. The molecular weight excluding hydrogens is 474 g/mol. The first-order valence-corrected chi connectivity index (χ1v) is 13.3. The van der Waals surface area contributed by atoms with Crippen LogP contribution in [0.1, 0.15) is 53.2 Å². The first-order valence-electron chi connectivity index (χ1n) is 13.3. The van der Waals surface area contributed by atoms with Crippen LogP contribution in [0.25, 0.3) is 0 Å². The van der Waals surface area contributed by atoms with Gasteiger partial charge in [-0.2, -0.15) is 5.26 Å². The van der Waals surface area contributed by atoms with E-state index >= 15 is 0 Å². The first-order chi connectivity index (χ1) is 18.5. The standard InChI is InChI=1S/C32H37N3O3/c1-4-35(21-7-19-33)31(36)26-9-5-8-25(22-26)23-34-20-6-18-32(24-34,27-10-14-29(37-2)15-11-27)28-12-16-30(38-3)17-13-28/h5,8-17,22H,4,6-7,18,20-21,23-24H2,1-3H3. The predicted molar refractivity (Wildman–Crippen MR) is 150 cm³/mol. The minimum absolute atomic E-state index is 0.0194. The van der Waals surface area contributed by atoms with Crippen LogP contribution in [0.5, 0.6) is 11.5 Å². The third kappa shape index (κ3) is 6.00. The summed E-state index contributed by atoms with van der Waals surface area (Å²) in [6.45, 7) is 5.62. The molecule has 6 heteroatoms. The minimum Gasteiger partial charge on any atom is -0.497 e. The normalized spacial score (nSPS) is 14.9. The number of piperidine rings is 1. The van der Waals surface area contributed by atoms with E-state index in [0.29, 0.717) is 25.1 Å². The summed E-state index contributed by atoms with van der Waals surface area (Å²) in [5, 5.41) is 8.94. The lowest BCUT2D eigenvalue weighted by molar-refractivity contribution is 0.0767. The summed E-state index contributed by atoms with van der Waals surface area (Å²) < 4.78 is 10.9. The first kappa shape index (κ1) is 27.2. The number of nitrogens with zero attached hydrogens (tertiary/aromatic N) is 3. The van der Waals surface area contributed by atoms with Gasteiger partial charge in [0.15, 0.2) is 0 Å². The van der Waals surface area contributed by atoms with Crippen LogP contribution in [-0.4, -0.2) is 56.1 Å². The SMILES string of the molecule is CCN(CCC#N)C(=O)c1cccc(CN2CCCC(c3ccc(OC)cc3)(c3ccc(OC)cc3)C2)c1. The summed E-state index contributed by atoms with van der Waals surface area (Å²) >= 11 is 0. The number of methoxy groups -OCH3 is 2. The van der Waals surface area contributed by atoms with Gasteiger partial charge in [0.25, 0.3) is 5.91 Å². The van der Waals surface area contributed by atoms with E-state index in [1.54, 1.807) is 19.1 Å². The Balaban J connectivity index is 1.60. The lowest BCUT2D eigenvalue weighted by Gasteiger charge is -2.44. The maximum absolute atomic E-state index is 13.1. The highest BCUT2D eigenvalue weighted by molar-refractivity contribution is 5.94. The van der Waals surface area contributed by atoms with Gasteiger partial charge >= 0.3 is 0 Å². The van der Waals surface area contributed by atoms with E-state index in [-0.39, 0.29) is 11.3 Å². The summed E-state index contributed by atoms with van der Waals surface area (Å²) in [7, 11) is 3.39. The molecule has 3 aromatic carbocycles. The van der Waals surface area contributed by atoms with E-state index in [0.717, 1.165) is 49.5 Å². The van der Waals surface area contributed by atoms with Crippen molar-refractivity contribution in [2.75, 3.05) is 40.4 Å². The highest BCUT2D eigenvalue weighted by Gasteiger charge is 2.38. The number of carbonyl (C=O) groups is 1. The fourth-order valence-electron chi connectivity index (χ4n) is 5.57. The number of nitriles is 1. The van der Waals surface area contributed by atoms with Gasteiger partial charge in [0.05, 0.1) is 26.7 Å². The quantitative estimate of drug-likeness (QED) is 0.351. The third-order valence-electron chi connectivity index (χ3n) is 7.60. The zero-order valence-electron chi connectivity index (χ0n) is 22.7. The molecule has 1 fully saturated rings. The Labute approximate surface area is 226 Å². The molecule has 0 atom stereocenters. The van der Waals surface area contributed by atoms with Crippen molar-refractivity contribution in [2.45, 2.75) is 38.1 Å². The second-order valence-electron chi connectivity index (χ2n) is 9.85. The van der Waals surface area contributed by atoms with Crippen molar-refractivity contribution in [1.29, 1.82) is 5.26 Å². The van der Waals surface area contributed by atoms with Crippen LogP contribution in [0, 0.1) is 11.3 Å². The van der Waals surface area contributed by atoms with Crippen LogP contribution in [-0.2, 0) is 12.0 Å². The molecule has 4 rings (SSSR count). The summed E-state index contributed by atoms with van der Waals surface area (Å²) in [5.41, 5.74) is 4.17. The summed E-state index contributed by atoms with van der Waals surface area (Å²) in [4.78, 5) is 17.3. The molecule has 0 unspecified atom stereocenters. The van der Waals surface area contributed by atoms with Crippen LogP contribution >= 0.6 is 0 Å². The maximum atomic E-state index is 13.1. The van der Waals surface area contributed by atoms with E-state index < -0.39 is 0 Å². The molecule has 1 saturated heterocycles. The van der Waals surface area contributed by atoms with Crippen molar-refractivity contribution < 1.29 is 14.3 Å². The van der Waals surface area contributed by atoms with E-state index in [1.165, 1.54) is 11.1 Å². The number of carbonyl (C=O) groups excluding carboxylic acids is 1. The fourth-order valence-corrected chi connectivity index (χ4v) is 5.57. The zero-order valence-corrected chi connectivity index (χ0v) is 22.7. The largest absolute Gasteiger partial charge is 0.497 e. The highest BCUT2D eigenvalue weighted by atomic mass is 16.5. The van der Waals surface area contributed by atoms with Crippen LogP contribution < -0.4 is 9.47 Å². The van der Waals surface area contributed by atoms with Gasteiger partial charge < -0.3 is 14.4 Å². The van der Waals surface area contributed by atoms with Gasteiger partial charge in [-0.25, -0.2) is 0 Å². The van der Waals surface area contributed by atoms with Gasteiger partial charge in [-0.3, -0.25) is 9.69 Å². The Morgan fingerprint density at radius 1 is 1.00 bits per heavy atom. The number of ether oxygens (including phenoxy) is 2. The van der Waals surface area contributed by atoms with Crippen molar-refractivity contribution in [3.63, 3.8) is 0 Å². The van der Waals surface area contributed by atoms with Crippen molar-refractivity contribution >= 4 is 5.91 Å². The van der Waals surface area contributed by atoms with E-state index in [4.69, 9.17) is 14.7 Å². The molecule has 0 aromatic heterocycles. The maximum Gasteiger partial charge on any atom is 0.253 e. The topological polar surface area (TPSA) is 65.8 Å². The van der Waals surface area contributed by atoms with Crippen LogP contribution in [0.15, 0.2) is 72.8 Å². The number of likely N-dealkylation sites (tertiary alicyclic amines) is 1. The second-order valence-corrected chi connectivity index (χ2v) is 9.85. The number of hydrogen-bond acceptors (Lipinski definition) is 5. The molecule has 0 radical (unpaired) electrons. The summed E-state index contributed by atoms with van der Waals surface area (Å²) in [6.07, 6.45) is 2.45. The Morgan fingerprint density at radius 3 is 2.18 bits per heavy atom. The molecule has 0 spiro atoms. The average Bonchev–Trinajstić information content (AvgIpc) is 2.97. The molecule has 38 heavy (non-hydrogen) atoms. The van der Waals surface area contributed by atoms with Gasteiger partial charge in [0.2, 0.25) is 0 Å². The lowest BCUT2D eigenvalue weighted by Crippen LogP contribution is -2.46. The number of hydrogen-bond donors (Lipinski definition) is 0. The van der Waals surface area contributed by atoms with E-state index in [2.05, 4.69) is 41.3 Å². The van der Waals surface area contributed by atoms with Crippen molar-refractivity contribution in [2.24, 2.45) is 0 Å². The Kier molecular flexibility index (Phi) is 9.04. The van der Waals surface area contributed by atoms with Gasteiger partial charge in [-0.05, 0) is 79.4 Å². The van der Waals surface area contributed by atoms with Crippen LogP contribution in [0.2, 0.25) is 0 Å². The monoisotopic (exact) mass is 511 g/mol. The molecule has 1 aliphatic heterocycles. The number of rotatable bonds is 10. The second kappa shape index (κ2) is 12.6. The number of benzene rings is 3. The van der Waals surface area contributed by atoms with E-state index in [9.17, 15) is 4.79 Å². The molecule has 1 amide bonds. The van der Waals surface area contributed by atoms with Crippen molar-refractivity contribution in [3.8, 4) is 17.6 Å². The van der Waals surface area contributed by atoms with Crippen molar-refractivity contribution in [3.05, 3.63) is 95.1 Å². The summed E-state index contributed by atoms with van der Waals surface area (Å²) in [5.74, 6) is 1.68. The summed E-state index contributed by atoms with van der Waals surface area (Å²) in [6, 6.07) is 27.0. The van der Waals surface area contributed by atoms with Gasteiger partial charge in [-0.1, -0.05) is 36.4 Å². The smallest absolute Gasteiger partial charge is 0.253 e. The fraction of sp³-hybridized carbons (Fsp3) is 0.375. The molecule has 1 heterocycles. The van der Waals surface area contributed by atoms with Crippen LogP contribution in [0.4, 0.5) is 0 Å². The Hall–Kier alpha value is -3.82.